The summed E-state index contributed by atoms with van der Waals surface area (Å²) in [7, 11) is 9.52. The number of methoxy groups -OCH3 is 6. The maximum absolute atomic E-state index is 13.9. The van der Waals surface area contributed by atoms with E-state index in [-0.39, 0.29) is 248 Å². The molecule has 0 saturated carbocycles. The fraction of sp³-hybridized carbons (Fsp3) is 0.716. The molecule has 3 rings (SSSR count). The van der Waals surface area contributed by atoms with Crippen molar-refractivity contribution in [1.29, 1.82) is 0 Å². The van der Waals surface area contributed by atoms with Crippen molar-refractivity contribution in [3.8, 4) is 46.0 Å². The third-order valence-corrected chi connectivity index (χ3v) is 15.3. The van der Waals surface area contributed by atoms with Crippen LogP contribution in [0.1, 0.15) is 44.4 Å². The Labute approximate surface area is 754 Å². The number of carbonyl (C=O) groups excluding carboxylic acids is 1. The number of esters is 1. The molecule has 4 N–H and O–H groups in total. The predicted molar refractivity (Wildman–Crippen MR) is 434 cm³/mol. The van der Waals surface area contributed by atoms with E-state index < -0.39 is 69.2 Å². The molecule has 0 spiro atoms. The van der Waals surface area contributed by atoms with Gasteiger partial charge in [0.25, 0.3) is 0 Å². The van der Waals surface area contributed by atoms with Gasteiger partial charge in [-0.2, -0.15) is 0 Å². The standard InChI is InChI=1S/C77H125N3O36.C3H8.CH4.Na.Tc/c1-90-11-17-96-23-29-102-35-41-108-67-49-63(50-68(109-42-36-103-30-24-97-18-12-91-2)76(67)112-45-39-106-33-27-100-21-15-94-5)59-114-65-47-62(61-116-75(89)58-80(57-74(87)88)10-8-78(54-71(81)82)7-9-79(55-72(83)84)56-73(85)86)48-66(53-65)115-60-64-51-69(110-43-37-104-31-25-98-19-13-92-3)77(113-46-40-107-34-28-101-22-16-95-6)70(52-64)111-44-38-105-32-26-99-20-14-93-4;1-3-2;;;/h47-53H,7-46,54-61H2,1-6H3,(H,81,82)(H,83,84)(H,85,86)(H,87,88);3H2,1-2H3;1H4;;/q;;;+1;. The minimum atomic E-state index is -1.31. The molecule has 1 radical (unpaired) electrons. The van der Waals surface area contributed by atoms with Gasteiger partial charge in [-0.3, -0.25) is 38.7 Å². The molecular formula is C81H137N3NaO36Tc+. The predicted octanol–water partition coefficient (Wildman–Crippen LogP) is 1.54. The van der Waals surface area contributed by atoms with E-state index >= 15 is 0 Å². The number of carboxylic acid groups (broad SMARTS) is 4. The van der Waals surface area contributed by atoms with E-state index in [9.17, 15) is 44.4 Å². The fourth-order valence-electron chi connectivity index (χ4n) is 9.81. The Bertz CT molecular complexity index is 2790. The quantitative estimate of drug-likeness (QED) is 0.0354. The molecule has 699 valence electrons. The van der Waals surface area contributed by atoms with E-state index in [0.717, 1.165) is 4.90 Å². The number of benzene rings is 3. The Hall–Kier alpha value is -5.78. The van der Waals surface area contributed by atoms with Crippen molar-refractivity contribution in [3.63, 3.8) is 0 Å². The first kappa shape index (κ1) is 118. The third kappa shape index (κ3) is 65.8. The van der Waals surface area contributed by atoms with Crippen LogP contribution in [0.4, 0.5) is 0 Å². The maximum Gasteiger partial charge on any atom is 1.00 e. The molecule has 39 nitrogen and oxygen atoms in total. The number of carbonyl (C=O) groups is 5. The molecular weight excluding hydrogens is 1710 g/mol. The van der Waals surface area contributed by atoms with Crippen LogP contribution in [-0.4, -0.2) is 404 Å². The summed E-state index contributed by atoms with van der Waals surface area (Å²) in [6, 6.07) is 11.8. The van der Waals surface area contributed by atoms with E-state index in [1.165, 1.54) is 16.2 Å². The van der Waals surface area contributed by atoms with Gasteiger partial charge in [0, 0.05) is 95.0 Å². The Morgan fingerprint density at radius 1 is 0.270 bits per heavy atom. The van der Waals surface area contributed by atoms with Gasteiger partial charge in [0.2, 0.25) is 11.5 Å². The molecule has 0 aromatic heterocycles. The second-order valence-electron chi connectivity index (χ2n) is 25.3. The summed E-state index contributed by atoms with van der Waals surface area (Å²) in [5, 5.41) is 38.5. The largest absolute Gasteiger partial charge is 1.00 e. The molecule has 0 aliphatic heterocycles. The van der Waals surface area contributed by atoms with Gasteiger partial charge in [0.1, 0.15) is 71.0 Å². The number of rotatable bonds is 84. The summed E-state index contributed by atoms with van der Waals surface area (Å²) < 4.78 is 156. The first-order valence-electron chi connectivity index (χ1n) is 39.6. The molecule has 0 aliphatic rings. The van der Waals surface area contributed by atoms with E-state index in [1.54, 1.807) is 85.1 Å². The number of carboxylic acids is 4. The first-order valence-corrected chi connectivity index (χ1v) is 39.6. The van der Waals surface area contributed by atoms with E-state index in [4.69, 9.17) is 128 Å². The Morgan fingerprint density at radius 3 is 0.721 bits per heavy atom. The minimum absolute atomic E-state index is 0. The van der Waals surface area contributed by atoms with Gasteiger partial charge >= 0.3 is 59.4 Å². The van der Waals surface area contributed by atoms with Gasteiger partial charge in [-0.05, 0) is 53.1 Å². The summed E-state index contributed by atoms with van der Waals surface area (Å²) in [5.74, 6) is -4.02. The van der Waals surface area contributed by atoms with Crippen molar-refractivity contribution >= 4 is 29.8 Å². The minimum Gasteiger partial charge on any atom is -0.489 e. The molecule has 3 aromatic carbocycles. The average molecular weight is 1850 g/mol. The Balaban J connectivity index is 0. The molecule has 0 atom stereocenters. The molecule has 0 unspecified atom stereocenters. The topological polar surface area (TPSA) is 425 Å². The van der Waals surface area contributed by atoms with E-state index in [1.807, 2.05) is 0 Å². The Kier molecular flexibility index (Phi) is 80.9. The number of hydrogen-bond acceptors (Lipinski definition) is 35. The maximum atomic E-state index is 13.9. The SMILES string of the molecule is C.CCC.COCCOCCOCCOc1cc(COc2cc(COC(=O)CN(CCN(CCN(CC(=O)O)CC(=O)O)CC(=O)O)CC(=O)O)cc(OCc3cc(OCCOCCOCCOC)c(OCCOCCOCCOC)c(OCCOCCOCCOC)c3)c2)cc(OCCOCCOCCOC)c1OCCOCCOCCOC.[Na+].[Tc]. The summed E-state index contributed by atoms with van der Waals surface area (Å²) in [6.45, 7) is 10.1. The zero-order valence-electron chi connectivity index (χ0n) is 72.3. The molecule has 3 aromatic rings. The van der Waals surface area contributed by atoms with Crippen LogP contribution >= 0.6 is 0 Å². The summed E-state index contributed by atoms with van der Waals surface area (Å²) in [5.41, 5.74) is 1.41. The number of ether oxygens (including phenoxy) is 27. The molecule has 0 amide bonds. The molecule has 0 heterocycles. The fourth-order valence-corrected chi connectivity index (χ4v) is 9.81. The molecule has 0 aliphatic carbocycles. The van der Waals surface area contributed by atoms with Crippen LogP contribution < -0.4 is 67.5 Å². The molecule has 0 bridgehead atoms. The van der Waals surface area contributed by atoms with Crippen molar-refractivity contribution in [3.05, 3.63) is 59.2 Å². The van der Waals surface area contributed by atoms with Gasteiger partial charge in [-0.25, -0.2) is 0 Å². The van der Waals surface area contributed by atoms with Crippen LogP contribution in [-0.2, 0) is 154 Å². The van der Waals surface area contributed by atoms with Gasteiger partial charge < -0.3 is 148 Å². The third-order valence-electron chi connectivity index (χ3n) is 15.3. The second-order valence-corrected chi connectivity index (χ2v) is 25.3. The normalized spacial score (nSPS) is 11.0. The van der Waals surface area contributed by atoms with Crippen LogP contribution in [0.2, 0.25) is 0 Å². The summed E-state index contributed by atoms with van der Waals surface area (Å²) in [4.78, 5) is 64.9. The monoisotopic (exact) mass is 1850 g/mol. The summed E-state index contributed by atoms with van der Waals surface area (Å²) >= 11 is 0. The zero-order chi connectivity index (χ0) is 86.7. The van der Waals surface area contributed by atoms with Crippen LogP contribution in [0, 0.1) is 0 Å². The smallest absolute Gasteiger partial charge is 0.489 e. The van der Waals surface area contributed by atoms with Crippen molar-refractivity contribution in [2.75, 3.05) is 339 Å². The van der Waals surface area contributed by atoms with Crippen LogP contribution in [0.5, 0.6) is 46.0 Å². The average Bonchev–Trinajstić information content (AvgIpc) is 0.821. The van der Waals surface area contributed by atoms with Crippen molar-refractivity contribution < 1.29 is 222 Å². The Morgan fingerprint density at radius 2 is 0.475 bits per heavy atom. The van der Waals surface area contributed by atoms with Crippen LogP contribution in [0.15, 0.2) is 42.5 Å². The van der Waals surface area contributed by atoms with Crippen molar-refractivity contribution in [2.45, 2.75) is 47.5 Å². The summed E-state index contributed by atoms with van der Waals surface area (Å²) in [6.07, 6.45) is 1.25. The van der Waals surface area contributed by atoms with Gasteiger partial charge in [-0.15, -0.1) is 0 Å². The van der Waals surface area contributed by atoms with Gasteiger partial charge in [-0.1, -0.05) is 27.7 Å². The van der Waals surface area contributed by atoms with Gasteiger partial charge in [0.05, 0.1) is 231 Å². The van der Waals surface area contributed by atoms with Crippen LogP contribution in [0.3, 0.4) is 0 Å². The van der Waals surface area contributed by atoms with Crippen molar-refractivity contribution in [2.24, 2.45) is 0 Å². The zero-order valence-corrected chi connectivity index (χ0v) is 76.1. The first-order chi connectivity index (χ1) is 58.0. The van der Waals surface area contributed by atoms with E-state index in [0.29, 0.717) is 149 Å². The molecule has 0 fully saturated rings. The van der Waals surface area contributed by atoms with Gasteiger partial charge in [0.15, 0.2) is 23.0 Å². The van der Waals surface area contributed by atoms with E-state index in [2.05, 4.69) is 13.8 Å². The second kappa shape index (κ2) is 83.4. The number of aliphatic carboxylic acids is 4. The number of nitrogens with zero attached hydrogens (tertiary/aromatic N) is 3. The van der Waals surface area contributed by atoms with Crippen molar-refractivity contribution in [1.82, 2.24) is 14.7 Å². The molecule has 0 saturated heterocycles. The molecule has 122 heavy (non-hydrogen) atoms. The van der Waals surface area contributed by atoms with Crippen LogP contribution in [0.25, 0.3) is 0 Å². The number of hydrogen-bond donors (Lipinski definition) is 4. The molecule has 41 heteroatoms.